The van der Waals surface area contributed by atoms with Crippen molar-refractivity contribution in [2.24, 2.45) is 5.92 Å². The highest BCUT2D eigenvalue weighted by Gasteiger charge is 2.26. The Morgan fingerprint density at radius 2 is 1.94 bits per heavy atom. The minimum atomic E-state index is -0.569. The number of rotatable bonds is 13. The van der Waals surface area contributed by atoms with Gasteiger partial charge in [0.1, 0.15) is 5.69 Å². The second kappa shape index (κ2) is 13.2. The molecule has 2 heterocycles. The van der Waals surface area contributed by atoms with Crippen molar-refractivity contribution in [3.8, 4) is 11.3 Å². The second-order valence-electron chi connectivity index (χ2n) is 8.59. The molecule has 3 rings (SSSR count). The molecule has 1 unspecified atom stereocenters. The molecular formula is C24H37N3O4S. The minimum absolute atomic E-state index is 0.326. The van der Waals surface area contributed by atoms with Crippen LogP contribution in [-0.4, -0.2) is 85.9 Å². The maximum Gasteiger partial charge on any atom is 0.232 e. The first kappa shape index (κ1) is 25.1. The number of benzene rings is 1. The average Bonchev–Trinajstić information content (AvgIpc) is 3.21. The van der Waals surface area contributed by atoms with Gasteiger partial charge in [-0.05, 0) is 5.92 Å². The molecule has 7 nitrogen and oxygen atoms in total. The average molecular weight is 464 g/mol. The third-order valence-electron chi connectivity index (χ3n) is 5.34. The van der Waals surface area contributed by atoms with E-state index in [2.05, 4.69) is 40.9 Å². The largest absolute Gasteiger partial charge is 0.389 e. The van der Waals surface area contributed by atoms with Gasteiger partial charge in [0.2, 0.25) is 5.88 Å². The lowest BCUT2D eigenvalue weighted by Crippen LogP contribution is -2.38. The van der Waals surface area contributed by atoms with Crippen molar-refractivity contribution < 1.29 is 19.1 Å². The fourth-order valence-corrected chi connectivity index (χ4v) is 4.65. The van der Waals surface area contributed by atoms with Crippen LogP contribution in [0, 0.1) is 5.92 Å². The van der Waals surface area contributed by atoms with Crippen LogP contribution in [0.25, 0.3) is 11.3 Å². The van der Waals surface area contributed by atoms with E-state index in [0.29, 0.717) is 45.4 Å². The molecule has 32 heavy (non-hydrogen) atoms. The van der Waals surface area contributed by atoms with E-state index in [0.717, 1.165) is 47.3 Å². The minimum Gasteiger partial charge on any atom is -0.389 e. The summed E-state index contributed by atoms with van der Waals surface area (Å²) in [6.45, 7) is 9.49. The van der Waals surface area contributed by atoms with Gasteiger partial charge in [-0.25, -0.2) is 0 Å². The van der Waals surface area contributed by atoms with E-state index < -0.39 is 6.10 Å². The summed E-state index contributed by atoms with van der Waals surface area (Å²) < 4.78 is 16.9. The van der Waals surface area contributed by atoms with E-state index in [-0.39, 0.29) is 0 Å². The van der Waals surface area contributed by atoms with E-state index in [1.54, 1.807) is 7.11 Å². The molecule has 0 saturated carbocycles. The number of hydrogen-bond acceptors (Lipinski definition) is 8. The summed E-state index contributed by atoms with van der Waals surface area (Å²) in [6, 6.07) is 10.2. The van der Waals surface area contributed by atoms with Crippen molar-refractivity contribution in [3.63, 3.8) is 0 Å². The van der Waals surface area contributed by atoms with Crippen LogP contribution in [0.1, 0.15) is 19.4 Å². The molecule has 0 aliphatic carbocycles. The molecule has 1 fully saturated rings. The maximum absolute atomic E-state index is 10.6. The summed E-state index contributed by atoms with van der Waals surface area (Å²) in [7, 11) is 1.70. The van der Waals surface area contributed by atoms with E-state index >= 15 is 0 Å². The molecule has 178 valence electrons. The number of methoxy groups -OCH3 is 1. The SMILES string of the molecule is COCCN(Cc1c(-c2ccccc2)noc1N1CCSCC1)CC(O)COCC(C)C. The Balaban J connectivity index is 1.80. The zero-order valence-corrected chi connectivity index (χ0v) is 20.4. The number of ether oxygens (including phenoxy) is 2. The highest BCUT2D eigenvalue weighted by Crippen LogP contribution is 2.33. The van der Waals surface area contributed by atoms with Gasteiger partial charge < -0.3 is 24.0 Å². The van der Waals surface area contributed by atoms with Gasteiger partial charge in [0.25, 0.3) is 0 Å². The molecule has 8 heteroatoms. The predicted octanol–water partition coefficient (Wildman–Crippen LogP) is 3.38. The van der Waals surface area contributed by atoms with Crippen molar-refractivity contribution in [1.29, 1.82) is 0 Å². The van der Waals surface area contributed by atoms with Gasteiger partial charge in [0, 0.05) is 63.5 Å². The number of aliphatic hydroxyl groups is 1. The summed E-state index contributed by atoms with van der Waals surface area (Å²) in [5.41, 5.74) is 2.97. The smallest absolute Gasteiger partial charge is 0.232 e. The molecule has 1 aliphatic rings. The lowest BCUT2D eigenvalue weighted by molar-refractivity contribution is 0.00338. The number of aliphatic hydroxyl groups excluding tert-OH is 1. The van der Waals surface area contributed by atoms with Gasteiger partial charge in [-0.1, -0.05) is 49.3 Å². The predicted molar refractivity (Wildman–Crippen MR) is 130 cm³/mol. The first-order valence-electron chi connectivity index (χ1n) is 11.4. The van der Waals surface area contributed by atoms with Gasteiger partial charge in [-0.3, -0.25) is 4.90 Å². The summed E-state index contributed by atoms with van der Waals surface area (Å²) in [6.07, 6.45) is -0.569. The lowest BCUT2D eigenvalue weighted by Gasteiger charge is -2.29. The number of anilines is 1. The quantitative estimate of drug-likeness (QED) is 0.485. The van der Waals surface area contributed by atoms with E-state index in [9.17, 15) is 5.11 Å². The molecule has 0 spiro atoms. The third kappa shape index (κ3) is 7.49. The van der Waals surface area contributed by atoms with Gasteiger partial charge >= 0.3 is 0 Å². The highest BCUT2D eigenvalue weighted by atomic mass is 32.2. The Bertz CT molecular complexity index is 781. The van der Waals surface area contributed by atoms with Crippen LogP contribution in [0.3, 0.4) is 0 Å². The van der Waals surface area contributed by atoms with Gasteiger partial charge in [-0.15, -0.1) is 0 Å². The van der Waals surface area contributed by atoms with Gasteiger partial charge in [0.05, 0.1) is 24.9 Å². The molecule has 1 aromatic heterocycles. The second-order valence-corrected chi connectivity index (χ2v) is 9.82. The van der Waals surface area contributed by atoms with Crippen LogP contribution in [0.5, 0.6) is 0 Å². The zero-order valence-electron chi connectivity index (χ0n) is 19.5. The molecule has 1 N–H and O–H groups in total. The third-order valence-corrected chi connectivity index (χ3v) is 6.28. The Kier molecular flexibility index (Phi) is 10.3. The molecule has 2 aromatic rings. The number of thioether (sulfide) groups is 1. The van der Waals surface area contributed by atoms with Crippen LogP contribution >= 0.6 is 11.8 Å². The van der Waals surface area contributed by atoms with Gasteiger partial charge in [-0.2, -0.15) is 11.8 Å². The fraction of sp³-hybridized carbons (Fsp3) is 0.625. The summed E-state index contributed by atoms with van der Waals surface area (Å²) >= 11 is 1.97. The topological polar surface area (TPSA) is 71.2 Å². The maximum atomic E-state index is 10.6. The molecule has 1 atom stereocenters. The normalized spacial score (nSPS) is 15.6. The standard InChI is InChI=1S/C24H37N3O4S/c1-19(2)17-30-18-21(28)15-26(9-12-29-3)16-22-23(20-7-5-4-6-8-20)25-31-24(22)27-10-13-32-14-11-27/h4-8,19,21,28H,9-18H2,1-3H3. The number of aromatic nitrogens is 1. The Morgan fingerprint density at radius 3 is 2.62 bits per heavy atom. The summed E-state index contributed by atoms with van der Waals surface area (Å²) in [4.78, 5) is 4.50. The van der Waals surface area contributed by atoms with Crippen molar-refractivity contribution >= 4 is 17.6 Å². The summed E-state index contributed by atoms with van der Waals surface area (Å²) in [5, 5.41) is 15.1. The first-order valence-corrected chi connectivity index (χ1v) is 12.6. The van der Waals surface area contributed by atoms with Crippen LogP contribution in [0.15, 0.2) is 34.9 Å². The lowest BCUT2D eigenvalue weighted by atomic mass is 10.1. The Hall–Kier alpha value is -1.58. The first-order chi connectivity index (χ1) is 15.6. The molecule has 0 radical (unpaired) electrons. The van der Waals surface area contributed by atoms with E-state index in [4.69, 9.17) is 14.0 Å². The highest BCUT2D eigenvalue weighted by molar-refractivity contribution is 7.99. The van der Waals surface area contributed by atoms with E-state index in [1.807, 2.05) is 30.0 Å². The zero-order chi connectivity index (χ0) is 22.8. The Labute approximate surface area is 196 Å². The molecule has 1 aliphatic heterocycles. The molecule has 1 saturated heterocycles. The van der Waals surface area contributed by atoms with Crippen molar-refractivity contribution in [1.82, 2.24) is 10.1 Å². The molecule has 0 bridgehead atoms. The molecule has 1 aromatic carbocycles. The number of nitrogens with zero attached hydrogens (tertiary/aromatic N) is 3. The van der Waals surface area contributed by atoms with Gasteiger partial charge in [0.15, 0.2) is 0 Å². The Morgan fingerprint density at radius 1 is 1.19 bits per heavy atom. The number of hydrogen-bond donors (Lipinski definition) is 1. The van der Waals surface area contributed by atoms with Crippen LogP contribution < -0.4 is 4.90 Å². The monoisotopic (exact) mass is 463 g/mol. The van der Waals surface area contributed by atoms with Crippen LogP contribution in [-0.2, 0) is 16.0 Å². The van der Waals surface area contributed by atoms with Crippen LogP contribution in [0.2, 0.25) is 0 Å². The summed E-state index contributed by atoms with van der Waals surface area (Å²) in [5.74, 6) is 3.46. The van der Waals surface area contributed by atoms with Crippen molar-refractivity contribution in [3.05, 3.63) is 35.9 Å². The van der Waals surface area contributed by atoms with E-state index in [1.165, 1.54) is 0 Å². The van der Waals surface area contributed by atoms with Crippen molar-refractivity contribution in [2.75, 3.05) is 69.5 Å². The van der Waals surface area contributed by atoms with Crippen LogP contribution in [0.4, 0.5) is 5.88 Å². The van der Waals surface area contributed by atoms with Crippen molar-refractivity contribution in [2.45, 2.75) is 26.5 Å². The fourth-order valence-electron chi connectivity index (χ4n) is 3.75. The molecule has 0 amide bonds. The molecular weight excluding hydrogens is 426 g/mol.